The molecule has 1 aliphatic rings. The minimum absolute atomic E-state index is 0.0364. The number of sulfonamides is 1. The summed E-state index contributed by atoms with van der Waals surface area (Å²) in [6, 6.07) is 7.26. The van der Waals surface area contributed by atoms with Crippen LogP contribution in [0.2, 0.25) is 0 Å². The van der Waals surface area contributed by atoms with E-state index < -0.39 is 28.0 Å². The SMILES string of the molecule is CN(C1COCC1C(=O)O)S(=O)(=O)c1ccccc1. The van der Waals surface area contributed by atoms with Gasteiger partial charge in [-0.3, -0.25) is 4.79 Å². The number of benzene rings is 1. The topological polar surface area (TPSA) is 83.9 Å². The lowest BCUT2D eigenvalue weighted by Gasteiger charge is -2.25. The monoisotopic (exact) mass is 285 g/mol. The molecule has 0 aromatic heterocycles. The Morgan fingerprint density at radius 2 is 1.95 bits per heavy atom. The fourth-order valence-corrected chi connectivity index (χ4v) is 3.47. The predicted molar refractivity (Wildman–Crippen MR) is 67.1 cm³/mol. The average molecular weight is 285 g/mol. The van der Waals surface area contributed by atoms with E-state index in [2.05, 4.69) is 0 Å². The Labute approximate surface area is 111 Å². The number of likely N-dealkylation sites (N-methyl/N-ethyl adjacent to an activating group) is 1. The second kappa shape index (κ2) is 5.28. The summed E-state index contributed by atoms with van der Waals surface area (Å²) in [5.74, 6) is -1.87. The van der Waals surface area contributed by atoms with Crippen molar-refractivity contribution in [2.24, 2.45) is 5.92 Å². The lowest BCUT2D eigenvalue weighted by atomic mass is 10.1. The van der Waals surface area contributed by atoms with Crippen LogP contribution in [0.25, 0.3) is 0 Å². The first kappa shape index (κ1) is 14.0. The normalized spacial score (nSPS) is 23.7. The predicted octanol–water partition coefficient (Wildman–Crippen LogP) is 0.407. The second-order valence-electron chi connectivity index (χ2n) is 4.38. The van der Waals surface area contributed by atoms with Crippen molar-refractivity contribution in [3.8, 4) is 0 Å². The smallest absolute Gasteiger partial charge is 0.310 e. The van der Waals surface area contributed by atoms with Crippen LogP contribution in [0.3, 0.4) is 0 Å². The summed E-state index contributed by atoms with van der Waals surface area (Å²) >= 11 is 0. The molecule has 104 valence electrons. The van der Waals surface area contributed by atoms with Crippen molar-refractivity contribution >= 4 is 16.0 Å². The Hall–Kier alpha value is -1.44. The van der Waals surface area contributed by atoms with Gasteiger partial charge in [-0.1, -0.05) is 18.2 Å². The van der Waals surface area contributed by atoms with Gasteiger partial charge in [0.05, 0.1) is 30.1 Å². The first-order chi connectivity index (χ1) is 8.94. The molecular formula is C12H15NO5S. The summed E-state index contributed by atoms with van der Waals surface area (Å²) in [5, 5.41) is 9.07. The quantitative estimate of drug-likeness (QED) is 0.866. The third kappa shape index (κ3) is 2.63. The molecule has 1 heterocycles. The Balaban J connectivity index is 2.29. The molecule has 19 heavy (non-hydrogen) atoms. The van der Waals surface area contributed by atoms with Crippen molar-refractivity contribution in [3.05, 3.63) is 30.3 Å². The van der Waals surface area contributed by atoms with Crippen LogP contribution in [-0.4, -0.2) is 50.1 Å². The summed E-state index contributed by atoms with van der Waals surface area (Å²) in [6.07, 6.45) is 0. The van der Waals surface area contributed by atoms with E-state index in [0.717, 1.165) is 4.31 Å². The Morgan fingerprint density at radius 3 is 2.53 bits per heavy atom. The van der Waals surface area contributed by atoms with E-state index in [1.165, 1.54) is 19.2 Å². The average Bonchev–Trinajstić information content (AvgIpc) is 2.88. The maximum absolute atomic E-state index is 12.4. The first-order valence-electron chi connectivity index (χ1n) is 5.78. The number of ether oxygens (including phenoxy) is 1. The highest BCUT2D eigenvalue weighted by molar-refractivity contribution is 7.89. The summed E-state index contributed by atoms with van der Waals surface area (Å²) in [4.78, 5) is 11.2. The molecule has 2 unspecified atom stereocenters. The molecule has 0 bridgehead atoms. The molecule has 7 heteroatoms. The zero-order valence-corrected chi connectivity index (χ0v) is 11.2. The van der Waals surface area contributed by atoms with Gasteiger partial charge in [-0.25, -0.2) is 8.42 Å². The van der Waals surface area contributed by atoms with Gasteiger partial charge >= 0.3 is 5.97 Å². The van der Waals surface area contributed by atoms with Crippen LogP contribution < -0.4 is 0 Å². The van der Waals surface area contributed by atoms with E-state index >= 15 is 0 Å². The molecule has 2 atom stereocenters. The number of aliphatic carboxylic acids is 1. The van der Waals surface area contributed by atoms with E-state index in [-0.39, 0.29) is 18.1 Å². The maximum Gasteiger partial charge on any atom is 0.310 e. The highest BCUT2D eigenvalue weighted by Gasteiger charge is 2.41. The molecule has 1 aromatic rings. The maximum atomic E-state index is 12.4. The van der Waals surface area contributed by atoms with Gasteiger partial charge in [0, 0.05) is 7.05 Å². The molecule has 1 aliphatic heterocycles. The molecule has 1 saturated heterocycles. The lowest BCUT2D eigenvalue weighted by molar-refractivity contribution is -0.142. The summed E-state index contributed by atoms with van der Waals surface area (Å²) in [6.45, 7) is 0.133. The summed E-state index contributed by atoms with van der Waals surface area (Å²) in [5.41, 5.74) is 0. The van der Waals surface area contributed by atoms with Crippen LogP contribution >= 0.6 is 0 Å². The van der Waals surface area contributed by atoms with Gasteiger partial charge in [-0.05, 0) is 12.1 Å². The van der Waals surface area contributed by atoms with E-state index in [1.54, 1.807) is 18.2 Å². The number of nitrogens with zero attached hydrogens (tertiary/aromatic N) is 1. The molecule has 0 amide bonds. The largest absolute Gasteiger partial charge is 0.481 e. The Morgan fingerprint density at radius 1 is 1.32 bits per heavy atom. The van der Waals surface area contributed by atoms with Crippen molar-refractivity contribution in [1.82, 2.24) is 4.31 Å². The van der Waals surface area contributed by atoms with Gasteiger partial charge < -0.3 is 9.84 Å². The van der Waals surface area contributed by atoms with Gasteiger partial charge in [0.15, 0.2) is 0 Å². The van der Waals surface area contributed by atoms with Crippen LogP contribution in [-0.2, 0) is 19.6 Å². The summed E-state index contributed by atoms with van der Waals surface area (Å²) in [7, 11) is -2.31. The molecule has 1 aromatic carbocycles. The van der Waals surface area contributed by atoms with Crippen molar-refractivity contribution in [1.29, 1.82) is 0 Å². The van der Waals surface area contributed by atoms with Crippen molar-refractivity contribution in [2.75, 3.05) is 20.3 Å². The molecule has 1 fully saturated rings. The highest BCUT2D eigenvalue weighted by Crippen LogP contribution is 2.24. The fourth-order valence-electron chi connectivity index (χ4n) is 2.07. The molecular weight excluding hydrogens is 270 g/mol. The molecule has 0 spiro atoms. The number of carboxylic acid groups (broad SMARTS) is 1. The minimum Gasteiger partial charge on any atom is -0.481 e. The van der Waals surface area contributed by atoms with E-state index in [9.17, 15) is 13.2 Å². The van der Waals surface area contributed by atoms with Crippen molar-refractivity contribution in [2.45, 2.75) is 10.9 Å². The first-order valence-corrected chi connectivity index (χ1v) is 7.22. The van der Waals surface area contributed by atoms with Crippen LogP contribution in [0.5, 0.6) is 0 Å². The number of rotatable bonds is 4. The van der Waals surface area contributed by atoms with Gasteiger partial charge in [0.2, 0.25) is 10.0 Å². The van der Waals surface area contributed by atoms with Crippen molar-refractivity contribution in [3.63, 3.8) is 0 Å². The number of carboxylic acids is 1. The second-order valence-corrected chi connectivity index (χ2v) is 6.38. The standard InChI is InChI=1S/C12H15NO5S/c1-13(11-8-18-7-10(11)12(14)15)19(16,17)9-5-3-2-4-6-9/h2-6,10-11H,7-8H2,1H3,(H,14,15). The third-order valence-corrected chi connectivity index (χ3v) is 5.15. The van der Waals surface area contributed by atoms with Gasteiger partial charge in [-0.15, -0.1) is 0 Å². The van der Waals surface area contributed by atoms with E-state index in [1.807, 2.05) is 0 Å². The van der Waals surface area contributed by atoms with Crippen LogP contribution in [0.4, 0.5) is 0 Å². The Bertz CT molecular complexity index is 557. The molecule has 1 N–H and O–H groups in total. The van der Waals surface area contributed by atoms with E-state index in [4.69, 9.17) is 9.84 Å². The molecule has 6 nitrogen and oxygen atoms in total. The molecule has 2 rings (SSSR count). The van der Waals surface area contributed by atoms with Crippen LogP contribution in [0.1, 0.15) is 0 Å². The number of carbonyl (C=O) groups is 1. The van der Waals surface area contributed by atoms with Crippen molar-refractivity contribution < 1.29 is 23.1 Å². The molecule has 0 radical (unpaired) electrons. The zero-order chi connectivity index (χ0) is 14.0. The Kier molecular flexibility index (Phi) is 3.88. The van der Waals surface area contributed by atoms with Crippen LogP contribution in [0.15, 0.2) is 35.2 Å². The fraction of sp³-hybridized carbons (Fsp3) is 0.417. The van der Waals surface area contributed by atoms with Gasteiger partial charge in [0.1, 0.15) is 0 Å². The molecule has 0 saturated carbocycles. The number of hydrogen-bond acceptors (Lipinski definition) is 4. The highest BCUT2D eigenvalue weighted by atomic mass is 32.2. The lowest BCUT2D eigenvalue weighted by Crippen LogP contribution is -2.44. The van der Waals surface area contributed by atoms with Crippen LogP contribution in [0, 0.1) is 5.92 Å². The molecule has 0 aliphatic carbocycles. The summed E-state index contributed by atoms with van der Waals surface area (Å²) < 4.78 is 30.9. The van der Waals surface area contributed by atoms with Gasteiger partial charge in [-0.2, -0.15) is 4.31 Å². The van der Waals surface area contributed by atoms with Gasteiger partial charge in [0.25, 0.3) is 0 Å². The minimum atomic E-state index is -3.70. The zero-order valence-electron chi connectivity index (χ0n) is 10.4. The van der Waals surface area contributed by atoms with E-state index in [0.29, 0.717) is 0 Å². The number of hydrogen-bond donors (Lipinski definition) is 1. The third-order valence-electron chi connectivity index (χ3n) is 3.25.